The van der Waals surface area contributed by atoms with Crippen LogP contribution in [0.2, 0.25) is 0 Å². The Morgan fingerprint density at radius 3 is 2.50 bits per heavy atom. The molecule has 22 heavy (non-hydrogen) atoms. The highest BCUT2D eigenvalue weighted by Gasteiger charge is 2.07. The summed E-state index contributed by atoms with van der Waals surface area (Å²) in [6, 6.07) is 0. The topological polar surface area (TPSA) is 81.2 Å². The van der Waals surface area contributed by atoms with Crippen molar-refractivity contribution in [1.29, 1.82) is 0 Å². The van der Waals surface area contributed by atoms with Crippen molar-refractivity contribution in [3.05, 3.63) is 32.9 Å². The predicted octanol–water partition coefficient (Wildman–Crippen LogP) is 2.32. The van der Waals surface area contributed by atoms with E-state index in [0.717, 1.165) is 30.0 Å². The maximum atomic E-state index is 13.0. The highest BCUT2D eigenvalue weighted by atomic mass is 19.1. The quantitative estimate of drug-likeness (QED) is 0.531. The van der Waals surface area contributed by atoms with E-state index in [0.29, 0.717) is 0 Å². The van der Waals surface area contributed by atoms with Gasteiger partial charge in [0.25, 0.3) is 5.56 Å². The van der Waals surface area contributed by atoms with Crippen LogP contribution in [-0.4, -0.2) is 15.5 Å². The van der Waals surface area contributed by atoms with Crippen molar-refractivity contribution in [3.8, 4) is 0 Å². The lowest BCUT2D eigenvalue weighted by Gasteiger charge is -2.07. The predicted molar refractivity (Wildman–Crippen MR) is 80.0 cm³/mol. The molecule has 0 amide bonds. The van der Waals surface area contributed by atoms with E-state index in [2.05, 4.69) is 6.92 Å². The van der Waals surface area contributed by atoms with Crippen LogP contribution in [0.3, 0.4) is 0 Å². The molecule has 1 rings (SSSR count). The first-order valence-corrected chi connectivity index (χ1v) is 7.69. The molecule has 0 bridgehead atoms. The lowest BCUT2D eigenvalue weighted by atomic mass is 10.1. The number of halogens is 1. The van der Waals surface area contributed by atoms with Crippen LogP contribution in [-0.2, 0) is 16.3 Å². The Morgan fingerprint density at radius 2 is 1.82 bits per heavy atom. The first-order valence-electron chi connectivity index (χ1n) is 7.69. The van der Waals surface area contributed by atoms with E-state index >= 15 is 0 Å². The smallest absolute Gasteiger partial charge is 0.331 e. The molecule has 1 aromatic heterocycles. The third kappa shape index (κ3) is 6.69. The third-order valence-electron chi connectivity index (χ3n) is 3.32. The number of rotatable bonds is 10. The second kappa shape index (κ2) is 9.92. The van der Waals surface area contributed by atoms with Gasteiger partial charge in [0.15, 0.2) is 6.73 Å². The lowest BCUT2D eigenvalue weighted by Crippen LogP contribution is -2.32. The van der Waals surface area contributed by atoms with Gasteiger partial charge in [-0.05, 0) is 6.42 Å². The molecule has 0 radical (unpaired) electrons. The molecule has 6 nitrogen and oxygen atoms in total. The van der Waals surface area contributed by atoms with E-state index in [-0.39, 0.29) is 6.42 Å². The van der Waals surface area contributed by atoms with Gasteiger partial charge in [0.1, 0.15) is 0 Å². The molecule has 0 aliphatic heterocycles. The monoisotopic (exact) mass is 314 g/mol. The lowest BCUT2D eigenvalue weighted by molar-refractivity contribution is -0.147. The number of aromatic amines is 1. The maximum absolute atomic E-state index is 13.0. The second-order valence-electron chi connectivity index (χ2n) is 5.22. The molecule has 0 unspecified atom stereocenters. The zero-order valence-electron chi connectivity index (χ0n) is 12.9. The Morgan fingerprint density at radius 1 is 1.18 bits per heavy atom. The van der Waals surface area contributed by atoms with Crippen LogP contribution in [0.15, 0.2) is 15.8 Å². The summed E-state index contributed by atoms with van der Waals surface area (Å²) in [6.07, 6.45) is 8.64. The molecule has 7 heteroatoms. The van der Waals surface area contributed by atoms with E-state index in [1.54, 1.807) is 4.98 Å². The van der Waals surface area contributed by atoms with Crippen LogP contribution in [0.25, 0.3) is 0 Å². The highest BCUT2D eigenvalue weighted by Crippen LogP contribution is 2.08. The van der Waals surface area contributed by atoms with Gasteiger partial charge in [0, 0.05) is 6.42 Å². The molecule has 124 valence electrons. The van der Waals surface area contributed by atoms with Crippen LogP contribution >= 0.6 is 0 Å². The number of carbonyl (C=O) groups excluding carboxylic acids is 1. The SMILES string of the molecule is CCCCCCCCCC(=O)OCn1cc(F)c(=O)[nH]c1=O. The fourth-order valence-corrected chi connectivity index (χ4v) is 2.02. The number of nitrogens with zero attached hydrogens (tertiary/aromatic N) is 1. The van der Waals surface area contributed by atoms with Crippen LogP contribution in [0.4, 0.5) is 4.39 Å². The highest BCUT2D eigenvalue weighted by molar-refractivity contribution is 5.69. The number of aromatic nitrogens is 2. The fourth-order valence-electron chi connectivity index (χ4n) is 2.02. The van der Waals surface area contributed by atoms with E-state index < -0.39 is 29.8 Å². The van der Waals surface area contributed by atoms with E-state index in [4.69, 9.17) is 4.74 Å². The zero-order chi connectivity index (χ0) is 16.4. The molecule has 0 aliphatic rings. The molecule has 0 aromatic carbocycles. The third-order valence-corrected chi connectivity index (χ3v) is 3.32. The van der Waals surface area contributed by atoms with Gasteiger partial charge >= 0.3 is 11.7 Å². The molecule has 0 fully saturated rings. The van der Waals surface area contributed by atoms with Gasteiger partial charge in [-0.25, -0.2) is 4.79 Å². The van der Waals surface area contributed by atoms with Gasteiger partial charge in [0.2, 0.25) is 5.82 Å². The summed E-state index contributed by atoms with van der Waals surface area (Å²) in [6.45, 7) is 1.76. The first kappa shape index (κ1) is 18.1. The number of ether oxygens (including phenoxy) is 1. The number of carbonyl (C=O) groups is 1. The minimum Gasteiger partial charge on any atom is -0.444 e. The summed E-state index contributed by atoms with van der Waals surface area (Å²) in [5.74, 6) is -1.53. The van der Waals surface area contributed by atoms with Crippen molar-refractivity contribution >= 4 is 5.97 Å². The van der Waals surface area contributed by atoms with Crippen molar-refractivity contribution in [3.63, 3.8) is 0 Å². The minimum atomic E-state index is -1.09. The van der Waals surface area contributed by atoms with Gasteiger partial charge in [-0.15, -0.1) is 0 Å². The summed E-state index contributed by atoms with van der Waals surface area (Å²) >= 11 is 0. The Hall–Kier alpha value is -1.92. The first-order chi connectivity index (χ1) is 10.5. The number of H-pyrrole nitrogens is 1. The van der Waals surface area contributed by atoms with Crippen molar-refractivity contribution in [2.24, 2.45) is 0 Å². The number of nitrogens with one attached hydrogen (secondary N) is 1. The van der Waals surface area contributed by atoms with E-state index in [1.807, 2.05) is 0 Å². The molecule has 0 aliphatic carbocycles. The zero-order valence-corrected chi connectivity index (χ0v) is 12.9. The van der Waals surface area contributed by atoms with Crippen LogP contribution in [0.5, 0.6) is 0 Å². The largest absolute Gasteiger partial charge is 0.444 e. The van der Waals surface area contributed by atoms with Gasteiger partial charge in [-0.3, -0.25) is 19.1 Å². The molecule has 0 saturated carbocycles. The number of esters is 1. The summed E-state index contributed by atoms with van der Waals surface area (Å²) in [7, 11) is 0. The van der Waals surface area contributed by atoms with Crippen molar-refractivity contribution in [2.75, 3.05) is 0 Å². The molecule has 0 spiro atoms. The molecular weight excluding hydrogens is 291 g/mol. The Kier molecular flexibility index (Phi) is 8.17. The molecule has 0 atom stereocenters. The van der Waals surface area contributed by atoms with Crippen LogP contribution < -0.4 is 11.2 Å². The summed E-state index contributed by atoms with van der Waals surface area (Å²) in [5, 5.41) is 0. The number of unbranched alkanes of at least 4 members (excludes halogenated alkanes) is 6. The van der Waals surface area contributed by atoms with Gasteiger partial charge in [0.05, 0.1) is 6.20 Å². The molecule has 1 N–H and O–H groups in total. The van der Waals surface area contributed by atoms with Crippen molar-refractivity contribution < 1.29 is 13.9 Å². The van der Waals surface area contributed by atoms with Gasteiger partial charge in [-0.1, -0.05) is 45.4 Å². The average Bonchev–Trinajstić information content (AvgIpc) is 2.48. The summed E-state index contributed by atoms with van der Waals surface area (Å²) in [4.78, 5) is 35.5. The Bertz CT molecular complexity index is 580. The molecule has 0 saturated heterocycles. The molecule has 1 heterocycles. The van der Waals surface area contributed by atoms with Gasteiger partial charge < -0.3 is 4.74 Å². The standard InChI is InChI=1S/C15H23FN2O4/c1-2-3-4-5-6-7-8-9-13(19)22-11-18-10-12(16)14(20)17-15(18)21/h10H,2-9,11H2,1H3,(H,17,20,21). The maximum Gasteiger partial charge on any atom is 0.331 e. The summed E-state index contributed by atoms with van der Waals surface area (Å²) < 4.78 is 18.7. The Labute approximate surface area is 128 Å². The van der Waals surface area contributed by atoms with E-state index in [1.165, 1.54) is 25.7 Å². The average molecular weight is 314 g/mol. The molecular formula is C15H23FN2O4. The van der Waals surface area contributed by atoms with Gasteiger partial charge in [-0.2, -0.15) is 4.39 Å². The van der Waals surface area contributed by atoms with Crippen molar-refractivity contribution in [1.82, 2.24) is 9.55 Å². The van der Waals surface area contributed by atoms with E-state index in [9.17, 15) is 18.8 Å². The number of hydrogen-bond acceptors (Lipinski definition) is 4. The number of hydrogen-bond donors (Lipinski definition) is 1. The fraction of sp³-hybridized carbons (Fsp3) is 0.667. The Balaban J connectivity index is 2.22. The normalized spacial score (nSPS) is 10.6. The minimum absolute atomic E-state index is 0.272. The summed E-state index contributed by atoms with van der Waals surface area (Å²) in [5.41, 5.74) is -1.90. The van der Waals surface area contributed by atoms with Crippen molar-refractivity contribution in [2.45, 2.75) is 65.0 Å². The van der Waals surface area contributed by atoms with Crippen LogP contribution in [0.1, 0.15) is 58.3 Å². The second-order valence-corrected chi connectivity index (χ2v) is 5.22. The van der Waals surface area contributed by atoms with Crippen LogP contribution in [0, 0.1) is 5.82 Å². The molecule has 1 aromatic rings.